The largest absolute Gasteiger partial charge is 0.378 e. The van der Waals surface area contributed by atoms with Crippen LogP contribution in [0.25, 0.3) is 0 Å². The van der Waals surface area contributed by atoms with E-state index in [2.05, 4.69) is 23.1 Å². The summed E-state index contributed by atoms with van der Waals surface area (Å²) in [5, 5.41) is 11.4. The van der Waals surface area contributed by atoms with Crippen molar-refractivity contribution < 1.29 is 9.66 Å². The molecule has 0 unspecified atom stereocenters. The predicted octanol–water partition coefficient (Wildman–Crippen LogP) is 2.66. The van der Waals surface area contributed by atoms with E-state index in [1.807, 2.05) is 6.07 Å². The van der Waals surface area contributed by atoms with Gasteiger partial charge in [0.2, 0.25) is 0 Å². The van der Waals surface area contributed by atoms with Gasteiger partial charge in [-0.1, -0.05) is 0 Å². The highest BCUT2D eigenvalue weighted by Crippen LogP contribution is 2.43. The number of nitrogens with zero attached hydrogens (tertiary/aromatic N) is 3. The summed E-state index contributed by atoms with van der Waals surface area (Å²) in [6.45, 7) is 7.70. The molecule has 0 bridgehead atoms. The number of hydrogen-bond donors (Lipinski definition) is 0. The molecule has 7 heteroatoms. The molecule has 2 aliphatic rings. The average Bonchev–Trinajstić information content (AvgIpc) is 2.90. The summed E-state index contributed by atoms with van der Waals surface area (Å²) in [6, 6.07) is 4.13. The monoisotopic (exact) mass is 309 g/mol. The molecule has 1 fully saturated rings. The molecule has 21 heavy (non-hydrogen) atoms. The summed E-state index contributed by atoms with van der Waals surface area (Å²) in [7, 11) is 0. The third-order valence-electron chi connectivity index (χ3n) is 3.82. The molecule has 1 saturated heterocycles. The SMILES string of the molecule is CC(C)N1Cc2cc([N+](=O)[O-])c(N3CCOCC3)cc2S1. The second-order valence-corrected chi connectivity index (χ2v) is 6.66. The van der Waals surface area contributed by atoms with E-state index in [-0.39, 0.29) is 10.6 Å². The summed E-state index contributed by atoms with van der Waals surface area (Å²) >= 11 is 1.70. The molecule has 2 aliphatic heterocycles. The second-order valence-electron chi connectivity index (χ2n) is 5.57. The van der Waals surface area contributed by atoms with E-state index in [1.54, 1.807) is 18.0 Å². The Morgan fingerprint density at radius 2 is 2.05 bits per heavy atom. The molecule has 0 radical (unpaired) electrons. The maximum Gasteiger partial charge on any atom is 0.292 e. The van der Waals surface area contributed by atoms with Crippen molar-refractivity contribution in [3.8, 4) is 0 Å². The normalized spacial score (nSPS) is 19.1. The Kier molecular flexibility index (Phi) is 4.05. The molecular weight excluding hydrogens is 290 g/mol. The van der Waals surface area contributed by atoms with E-state index < -0.39 is 0 Å². The smallest absolute Gasteiger partial charge is 0.292 e. The van der Waals surface area contributed by atoms with Gasteiger partial charge in [0, 0.05) is 36.6 Å². The Bertz CT molecular complexity index is 559. The molecule has 114 valence electrons. The maximum absolute atomic E-state index is 11.4. The van der Waals surface area contributed by atoms with E-state index in [9.17, 15) is 10.1 Å². The van der Waals surface area contributed by atoms with E-state index in [4.69, 9.17) is 4.74 Å². The molecule has 0 aromatic heterocycles. The van der Waals surface area contributed by atoms with Gasteiger partial charge < -0.3 is 9.64 Å². The number of nitro benzene ring substituents is 1. The predicted molar refractivity (Wildman–Crippen MR) is 82.7 cm³/mol. The molecule has 0 N–H and O–H groups in total. The van der Waals surface area contributed by atoms with Crippen molar-refractivity contribution in [3.63, 3.8) is 0 Å². The lowest BCUT2D eigenvalue weighted by Gasteiger charge is -2.28. The van der Waals surface area contributed by atoms with Crippen LogP contribution < -0.4 is 4.90 Å². The quantitative estimate of drug-likeness (QED) is 0.486. The Morgan fingerprint density at radius 1 is 1.33 bits per heavy atom. The van der Waals surface area contributed by atoms with Gasteiger partial charge in [-0.05, 0) is 37.4 Å². The molecule has 6 nitrogen and oxygen atoms in total. The topological polar surface area (TPSA) is 58.8 Å². The summed E-state index contributed by atoms with van der Waals surface area (Å²) in [6.07, 6.45) is 0. The van der Waals surface area contributed by atoms with Crippen molar-refractivity contribution in [2.24, 2.45) is 0 Å². The number of nitro groups is 1. The Balaban J connectivity index is 1.96. The van der Waals surface area contributed by atoms with Gasteiger partial charge >= 0.3 is 0 Å². The van der Waals surface area contributed by atoms with Crippen LogP contribution in [0.5, 0.6) is 0 Å². The Labute approximate surface area is 128 Å². The zero-order valence-electron chi connectivity index (χ0n) is 12.2. The third-order valence-corrected chi connectivity index (χ3v) is 5.19. The van der Waals surface area contributed by atoms with Crippen LogP contribution in [-0.4, -0.2) is 41.6 Å². The molecule has 0 saturated carbocycles. The number of fused-ring (bicyclic) bond motifs is 1. The molecule has 3 rings (SSSR count). The molecule has 0 atom stereocenters. The lowest BCUT2D eigenvalue weighted by atomic mass is 10.1. The van der Waals surface area contributed by atoms with Crippen molar-refractivity contribution in [2.75, 3.05) is 31.2 Å². The van der Waals surface area contributed by atoms with Gasteiger partial charge in [0.25, 0.3) is 5.69 Å². The fourth-order valence-electron chi connectivity index (χ4n) is 2.63. The summed E-state index contributed by atoms with van der Waals surface area (Å²) < 4.78 is 7.59. The van der Waals surface area contributed by atoms with E-state index in [1.165, 1.54) is 0 Å². The highest BCUT2D eigenvalue weighted by Gasteiger charge is 2.29. The molecule has 0 aliphatic carbocycles. The van der Waals surface area contributed by atoms with Crippen LogP contribution in [0.1, 0.15) is 19.4 Å². The average molecular weight is 309 g/mol. The zero-order chi connectivity index (χ0) is 15.0. The minimum absolute atomic E-state index is 0.210. The first-order chi connectivity index (χ1) is 10.1. The number of ether oxygens (including phenoxy) is 1. The van der Waals surface area contributed by atoms with Crippen LogP contribution in [0.4, 0.5) is 11.4 Å². The van der Waals surface area contributed by atoms with E-state index in [0.717, 1.165) is 22.7 Å². The Hall–Kier alpha value is -1.31. The van der Waals surface area contributed by atoms with Crippen LogP contribution in [0.2, 0.25) is 0 Å². The number of hydrogen-bond acceptors (Lipinski definition) is 6. The molecular formula is C14H19N3O3S. The minimum atomic E-state index is -0.270. The van der Waals surface area contributed by atoms with Crippen molar-refractivity contribution in [1.82, 2.24) is 4.31 Å². The highest BCUT2D eigenvalue weighted by atomic mass is 32.2. The Morgan fingerprint density at radius 3 is 2.67 bits per heavy atom. The molecule has 0 spiro atoms. The van der Waals surface area contributed by atoms with Gasteiger partial charge in [0.1, 0.15) is 5.69 Å². The molecule has 2 heterocycles. The fraction of sp³-hybridized carbons (Fsp3) is 0.571. The first kappa shape index (κ1) is 14.6. The van der Waals surface area contributed by atoms with Crippen molar-refractivity contribution in [3.05, 3.63) is 27.8 Å². The highest BCUT2D eigenvalue weighted by molar-refractivity contribution is 7.97. The van der Waals surface area contributed by atoms with Crippen LogP contribution in [0, 0.1) is 10.1 Å². The van der Waals surface area contributed by atoms with Crippen LogP contribution in [-0.2, 0) is 11.3 Å². The standard InChI is InChI=1S/C14H19N3O3S/c1-10(2)16-9-11-7-13(17(18)19)12(8-14(11)21-16)15-3-5-20-6-4-15/h7-8,10H,3-6,9H2,1-2H3. The first-order valence-corrected chi connectivity index (χ1v) is 7.92. The fourth-order valence-corrected chi connectivity index (χ4v) is 3.70. The number of anilines is 1. The van der Waals surface area contributed by atoms with Crippen LogP contribution in [0.3, 0.4) is 0 Å². The molecule has 1 aromatic carbocycles. The van der Waals surface area contributed by atoms with E-state index in [0.29, 0.717) is 32.3 Å². The number of benzene rings is 1. The van der Waals surface area contributed by atoms with Gasteiger partial charge in [-0.15, -0.1) is 0 Å². The summed E-state index contributed by atoms with van der Waals surface area (Å²) in [5.74, 6) is 0. The van der Waals surface area contributed by atoms with Crippen LogP contribution in [0.15, 0.2) is 17.0 Å². The maximum atomic E-state index is 11.4. The number of rotatable bonds is 3. The van der Waals surface area contributed by atoms with Crippen molar-refractivity contribution >= 4 is 23.3 Å². The lowest BCUT2D eigenvalue weighted by Crippen LogP contribution is -2.36. The minimum Gasteiger partial charge on any atom is -0.378 e. The summed E-state index contributed by atoms with van der Waals surface area (Å²) in [5.41, 5.74) is 1.99. The third kappa shape index (κ3) is 2.86. The van der Waals surface area contributed by atoms with E-state index >= 15 is 0 Å². The van der Waals surface area contributed by atoms with Gasteiger partial charge in [0.05, 0.1) is 18.1 Å². The molecule has 0 amide bonds. The first-order valence-electron chi connectivity index (χ1n) is 7.15. The van der Waals surface area contributed by atoms with Crippen molar-refractivity contribution in [1.29, 1.82) is 0 Å². The van der Waals surface area contributed by atoms with Crippen LogP contribution >= 0.6 is 11.9 Å². The lowest BCUT2D eigenvalue weighted by molar-refractivity contribution is -0.384. The summed E-state index contributed by atoms with van der Waals surface area (Å²) in [4.78, 5) is 14.3. The van der Waals surface area contributed by atoms with Gasteiger partial charge in [0.15, 0.2) is 0 Å². The number of morpholine rings is 1. The van der Waals surface area contributed by atoms with Gasteiger partial charge in [-0.3, -0.25) is 10.1 Å². The zero-order valence-corrected chi connectivity index (χ0v) is 13.1. The van der Waals surface area contributed by atoms with Gasteiger partial charge in [-0.2, -0.15) is 0 Å². The molecule has 1 aromatic rings. The second kappa shape index (κ2) is 5.82. The van der Waals surface area contributed by atoms with Crippen molar-refractivity contribution in [2.45, 2.75) is 31.3 Å². The van der Waals surface area contributed by atoms with Gasteiger partial charge in [-0.25, -0.2) is 4.31 Å².